The molecule has 1 saturated heterocycles. The van der Waals surface area contributed by atoms with E-state index in [9.17, 15) is 13.2 Å². The molecule has 2 aromatic rings. The second kappa shape index (κ2) is 11.0. The lowest BCUT2D eigenvalue weighted by atomic mass is 10.0. The lowest BCUT2D eigenvalue weighted by Gasteiger charge is -2.17. The van der Waals surface area contributed by atoms with Gasteiger partial charge in [-0.3, -0.25) is 0 Å². The van der Waals surface area contributed by atoms with Crippen LogP contribution in [0.15, 0.2) is 41.3 Å². The SMILES string of the molecule is CC(F)(F)F.CCCC(CC)COc1ccc([S+]2CCCC2)c2ccccc12. The summed E-state index contributed by atoms with van der Waals surface area (Å²) in [7, 11) is 0.454. The summed E-state index contributed by atoms with van der Waals surface area (Å²) in [6, 6.07) is 13.4. The highest BCUT2D eigenvalue weighted by atomic mass is 32.2. The molecule has 156 valence electrons. The molecule has 0 N–H and O–H groups in total. The molecule has 1 aliphatic rings. The Balaban J connectivity index is 0.000000500. The average molecular weight is 414 g/mol. The predicted molar refractivity (Wildman–Crippen MR) is 114 cm³/mol. The number of alkyl halides is 3. The van der Waals surface area contributed by atoms with Crippen LogP contribution < -0.4 is 4.74 Å². The van der Waals surface area contributed by atoms with Crippen molar-refractivity contribution in [2.45, 2.75) is 63.9 Å². The van der Waals surface area contributed by atoms with Crippen LogP contribution in [0.4, 0.5) is 13.2 Å². The molecule has 1 aliphatic heterocycles. The van der Waals surface area contributed by atoms with Crippen molar-refractivity contribution in [3.05, 3.63) is 36.4 Å². The number of rotatable bonds is 7. The fraction of sp³-hybridized carbons (Fsp3) is 0.565. The van der Waals surface area contributed by atoms with Crippen molar-refractivity contribution >= 4 is 21.7 Å². The number of fused-ring (bicyclic) bond motifs is 1. The smallest absolute Gasteiger partial charge is 0.386 e. The van der Waals surface area contributed by atoms with Crippen LogP contribution in [0.1, 0.15) is 52.9 Å². The first-order valence-electron chi connectivity index (χ1n) is 10.2. The molecule has 1 nitrogen and oxygen atoms in total. The zero-order chi connectivity index (χ0) is 20.6. The molecule has 0 amide bonds. The Bertz CT molecular complexity index is 717. The molecule has 0 spiro atoms. The van der Waals surface area contributed by atoms with Gasteiger partial charge < -0.3 is 4.74 Å². The fourth-order valence-corrected chi connectivity index (χ4v) is 6.02. The van der Waals surface area contributed by atoms with Crippen LogP contribution in [0.3, 0.4) is 0 Å². The molecule has 5 heteroatoms. The van der Waals surface area contributed by atoms with Gasteiger partial charge in [-0.1, -0.05) is 44.9 Å². The Kier molecular flexibility index (Phi) is 9.00. The van der Waals surface area contributed by atoms with E-state index in [1.165, 1.54) is 54.4 Å². The fourth-order valence-electron chi connectivity index (χ4n) is 3.52. The molecule has 1 heterocycles. The van der Waals surface area contributed by atoms with Crippen molar-refractivity contribution in [3.8, 4) is 5.75 Å². The average Bonchev–Trinajstić information content (AvgIpc) is 3.18. The van der Waals surface area contributed by atoms with Crippen LogP contribution >= 0.6 is 0 Å². The van der Waals surface area contributed by atoms with Gasteiger partial charge in [0.2, 0.25) is 0 Å². The van der Waals surface area contributed by atoms with Gasteiger partial charge >= 0.3 is 6.18 Å². The minimum atomic E-state index is -4.00. The lowest BCUT2D eigenvalue weighted by molar-refractivity contribution is -0.110. The maximum atomic E-state index is 10.4. The number of hydrogen-bond donors (Lipinski definition) is 0. The van der Waals surface area contributed by atoms with Gasteiger partial charge in [-0.2, -0.15) is 13.2 Å². The molecule has 3 rings (SSSR count). The third kappa shape index (κ3) is 7.23. The maximum Gasteiger partial charge on any atom is 0.386 e. The molecule has 2 aromatic carbocycles. The number of benzene rings is 2. The summed E-state index contributed by atoms with van der Waals surface area (Å²) in [6.45, 7) is 5.56. The summed E-state index contributed by atoms with van der Waals surface area (Å²) < 4.78 is 37.3. The van der Waals surface area contributed by atoms with Crippen LogP contribution in [0, 0.1) is 5.92 Å². The molecular formula is C23H32F3OS+. The number of hydrogen-bond acceptors (Lipinski definition) is 1. The minimum absolute atomic E-state index is 0.188. The standard InChI is InChI=1S/C21H29OS.C2H3F3/c1-3-9-17(4-2)16-22-20-12-13-21(23-14-7-8-15-23)19-11-6-5-10-18(19)20;1-2(3,4)5/h5-6,10-13,17H,3-4,7-9,14-16H2,1-2H3;1H3/q+1;. The van der Waals surface area contributed by atoms with E-state index in [4.69, 9.17) is 4.74 Å². The van der Waals surface area contributed by atoms with Gasteiger partial charge in [0.25, 0.3) is 0 Å². The van der Waals surface area contributed by atoms with Gasteiger partial charge in [-0.05, 0) is 43.4 Å². The van der Waals surface area contributed by atoms with Gasteiger partial charge in [-0.15, -0.1) is 0 Å². The van der Waals surface area contributed by atoms with Gasteiger partial charge in [0, 0.05) is 28.6 Å². The Labute approximate surface area is 170 Å². The number of ether oxygens (including phenoxy) is 1. The Hall–Kier alpha value is -1.36. The molecule has 0 saturated carbocycles. The van der Waals surface area contributed by atoms with Crippen molar-refractivity contribution in [2.75, 3.05) is 18.1 Å². The largest absolute Gasteiger partial charge is 0.493 e. The van der Waals surface area contributed by atoms with E-state index in [0.29, 0.717) is 16.8 Å². The first kappa shape index (κ1) is 22.9. The summed E-state index contributed by atoms with van der Waals surface area (Å²) in [5.41, 5.74) is 0. The summed E-state index contributed by atoms with van der Waals surface area (Å²) in [4.78, 5) is 1.56. The highest BCUT2D eigenvalue weighted by Gasteiger charge is 2.29. The quantitative estimate of drug-likeness (QED) is 0.430. The highest BCUT2D eigenvalue weighted by Crippen LogP contribution is 2.35. The Morgan fingerprint density at radius 3 is 2.18 bits per heavy atom. The molecule has 1 atom stereocenters. The van der Waals surface area contributed by atoms with Crippen LogP contribution in [-0.4, -0.2) is 24.3 Å². The summed E-state index contributed by atoms with van der Waals surface area (Å²) in [5, 5.41) is 2.72. The maximum absolute atomic E-state index is 10.4. The molecule has 0 aliphatic carbocycles. The third-order valence-corrected chi connectivity index (χ3v) is 7.48. The van der Waals surface area contributed by atoms with Crippen molar-refractivity contribution in [3.63, 3.8) is 0 Å². The van der Waals surface area contributed by atoms with Crippen molar-refractivity contribution in [2.24, 2.45) is 5.92 Å². The van der Waals surface area contributed by atoms with E-state index in [2.05, 4.69) is 50.2 Å². The molecule has 0 bridgehead atoms. The first-order chi connectivity index (χ1) is 13.3. The minimum Gasteiger partial charge on any atom is -0.493 e. The molecule has 28 heavy (non-hydrogen) atoms. The second-order valence-corrected chi connectivity index (χ2v) is 9.61. The van der Waals surface area contributed by atoms with Crippen LogP contribution in [0.25, 0.3) is 10.8 Å². The van der Waals surface area contributed by atoms with Gasteiger partial charge in [0.15, 0.2) is 4.90 Å². The van der Waals surface area contributed by atoms with Crippen LogP contribution in [0.5, 0.6) is 5.75 Å². The van der Waals surface area contributed by atoms with E-state index in [1.807, 2.05) is 0 Å². The van der Waals surface area contributed by atoms with Gasteiger partial charge in [0.05, 0.1) is 6.61 Å². The summed E-state index contributed by atoms with van der Waals surface area (Å²) in [6.07, 6.45) is 2.49. The molecular weight excluding hydrogens is 381 g/mol. The third-order valence-electron chi connectivity index (χ3n) is 4.94. The van der Waals surface area contributed by atoms with Crippen LogP contribution in [-0.2, 0) is 10.9 Å². The van der Waals surface area contributed by atoms with Crippen molar-refractivity contribution < 1.29 is 17.9 Å². The summed E-state index contributed by atoms with van der Waals surface area (Å²) >= 11 is 0. The van der Waals surface area contributed by atoms with Crippen molar-refractivity contribution in [1.82, 2.24) is 0 Å². The summed E-state index contributed by atoms with van der Waals surface area (Å²) in [5.74, 6) is 4.49. The first-order valence-corrected chi connectivity index (χ1v) is 11.8. The monoisotopic (exact) mass is 413 g/mol. The molecule has 0 aromatic heterocycles. The molecule has 1 fully saturated rings. The van der Waals surface area contributed by atoms with E-state index in [-0.39, 0.29) is 6.92 Å². The Morgan fingerprint density at radius 1 is 1.00 bits per heavy atom. The highest BCUT2D eigenvalue weighted by molar-refractivity contribution is 7.97. The lowest BCUT2D eigenvalue weighted by Crippen LogP contribution is -2.11. The zero-order valence-electron chi connectivity index (χ0n) is 17.1. The van der Waals surface area contributed by atoms with E-state index >= 15 is 0 Å². The van der Waals surface area contributed by atoms with Gasteiger partial charge in [-0.25, -0.2) is 0 Å². The van der Waals surface area contributed by atoms with Crippen molar-refractivity contribution in [1.29, 1.82) is 0 Å². The van der Waals surface area contributed by atoms with E-state index < -0.39 is 6.18 Å². The normalized spacial score (nSPS) is 15.9. The second-order valence-electron chi connectivity index (χ2n) is 7.37. The molecule has 1 unspecified atom stereocenters. The van der Waals surface area contributed by atoms with E-state index in [1.54, 1.807) is 4.90 Å². The Morgan fingerprint density at radius 2 is 1.61 bits per heavy atom. The molecule has 0 radical (unpaired) electrons. The predicted octanol–water partition coefficient (Wildman–Crippen LogP) is 7.38. The zero-order valence-corrected chi connectivity index (χ0v) is 18.0. The van der Waals surface area contributed by atoms with Gasteiger partial charge in [0.1, 0.15) is 17.3 Å². The van der Waals surface area contributed by atoms with E-state index in [0.717, 1.165) is 12.4 Å². The topological polar surface area (TPSA) is 9.23 Å². The van der Waals surface area contributed by atoms with Crippen LogP contribution in [0.2, 0.25) is 0 Å². The number of halogens is 3.